The van der Waals surface area contributed by atoms with E-state index in [2.05, 4.69) is 77.8 Å². The minimum absolute atomic E-state index is 0.348. The Hall–Kier alpha value is 0.0169. The van der Waals surface area contributed by atoms with E-state index >= 15 is 0 Å². The van der Waals surface area contributed by atoms with Crippen molar-refractivity contribution in [2.75, 3.05) is 75.1 Å². The summed E-state index contributed by atoms with van der Waals surface area (Å²) in [4.78, 5) is 6.99. The van der Waals surface area contributed by atoms with Crippen molar-refractivity contribution >= 4 is 8.56 Å². The van der Waals surface area contributed by atoms with Gasteiger partial charge >= 0.3 is 8.56 Å². The molecule has 6 heteroatoms. The smallest absolute Gasteiger partial charge is 0.337 e. The van der Waals surface area contributed by atoms with Crippen LogP contribution in [-0.4, -0.2) is 98.4 Å². The molecule has 0 saturated carbocycles. The molecule has 0 saturated heterocycles. The molecule has 0 fully saturated rings. The lowest BCUT2D eigenvalue weighted by Crippen LogP contribution is -2.44. The summed E-state index contributed by atoms with van der Waals surface area (Å²) in [5.41, 5.74) is 0.348. The van der Waals surface area contributed by atoms with Crippen LogP contribution in [0, 0.1) is 5.41 Å². The molecule has 0 aromatic rings. The summed E-state index contributed by atoms with van der Waals surface area (Å²) in [7, 11) is 11.0. The van der Waals surface area contributed by atoms with Crippen LogP contribution in [0.15, 0.2) is 0 Å². The lowest BCUT2D eigenvalue weighted by molar-refractivity contribution is 0.134. The van der Waals surface area contributed by atoms with Crippen molar-refractivity contribution in [1.29, 1.82) is 0 Å². The molecule has 0 rings (SSSR count). The van der Waals surface area contributed by atoms with Gasteiger partial charge < -0.3 is 23.6 Å². The molecule has 27 heavy (non-hydrogen) atoms. The molecule has 0 bridgehead atoms. The first-order chi connectivity index (χ1) is 12.6. The van der Waals surface area contributed by atoms with Gasteiger partial charge in [0.05, 0.1) is 0 Å². The number of hydrogen-bond acceptors (Lipinski definition) is 5. The van der Waals surface area contributed by atoms with Gasteiger partial charge in [0, 0.05) is 13.2 Å². The van der Waals surface area contributed by atoms with E-state index in [0.29, 0.717) is 5.41 Å². The molecule has 0 radical (unpaired) electrons. The molecule has 0 aromatic carbocycles. The molecule has 0 aliphatic carbocycles. The zero-order valence-corrected chi connectivity index (χ0v) is 20.9. The van der Waals surface area contributed by atoms with E-state index in [0.717, 1.165) is 44.9 Å². The Labute approximate surface area is 171 Å². The molecule has 5 nitrogen and oxygen atoms in total. The number of nitrogens with zero attached hydrogens (tertiary/aromatic N) is 3. The largest absolute Gasteiger partial charge is 0.394 e. The van der Waals surface area contributed by atoms with Crippen LogP contribution in [0.25, 0.3) is 0 Å². The quantitative estimate of drug-likeness (QED) is 0.345. The van der Waals surface area contributed by atoms with Crippen LogP contribution in [-0.2, 0) is 8.85 Å². The summed E-state index contributed by atoms with van der Waals surface area (Å²) in [5.74, 6) is 0. The van der Waals surface area contributed by atoms with Crippen LogP contribution in [0.5, 0.6) is 0 Å². The van der Waals surface area contributed by atoms with Gasteiger partial charge in [0.15, 0.2) is 0 Å². The molecule has 164 valence electrons. The van der Waals surface area contributed by atoms with E-state index in [-0.39, 0.29) is 0 Å². The molecule has 0 atom stereocenters. The standard InChI is InChI=1S/C21H49N3O2Si/c1-10-25-27(12-3,26-11-2)20-16-21(13-17-22(4)5,14-18-23(6)7)15-19-24(8)9/h10-20H2,1-9H3. The van der Waals surface area contributed by atoms with Gasteiger partial charge in [0.1, 0.15) is 0 Å². The van der Waals surface area contributed by atoms with E-state index in [9.17, 15) is 0 Å². The Bertz CT molecular complexity index is 328. The van der Waals surface area contributed by atoms with Crippen molar-refractivity contribution in [3.8, 4) is 0 Å². The molecule has 0 spiro atoms. The Morgan fingerprint density at radius 2 is 1.00 bits per heavy atom. The summed E-state index contributed by atoms with van der Waals surface area (Å²) in [5, 5.41) is 0. The highest BCUT2D eigenvalue weighted by atomic mass is 28.4. The Balaban J connectivity index is 5.44. The summed E-state index contributed by atoms with van der Waals surface area (Å²) >= 11 is 0. The van der Waals surface area contributed by atoms with Gasteiger partial charge in [-0.2, -0.15) is 0 Å². The zero-order valence-electron chi connectivity index (χ0n) is 19.9. The summed E-state index contributed by atoms with van der Waals surface area (Å²) in [6.07, 6.45) is 4.94. The molecule has 0 amide bonds. The fraction of sp³-hybridized carbons (Fsp3) is 1.00. The first kappa shape index (κ1) is 27.0. The minimum Gasteiger partial charge on any atom is -0.394 e. The second kappa shape index (κ2) is 14.1. The molecular weight excluding hydrogens is 354 g/mol. The summed E-state index contributed by atoms with van der Waals surface area (Å²) in [6.45, 7) is 11.4. The Morgan fingerprint density at radius 3 is 1.26 bits per heavy atom. The highest BCUT2D eigenvalue weighted by Crippen LogP contribution is 2.39. The van der Waals surface area contributed by atoms with Gasteiger partial charge in [-0.1, -0.05) is 6.92 Å². The maximum Gasteiger partial charge on any atom is 0.337 e. The van der Waals surface area contributed by atoms with Crippen LogP contribution in [0.1, 0.15) is 46.5 Å². The fourth-order valence-corrected chi connectivity index (χ4v) is 6.78. The molecule has 0 aliphatic rings. The van der Waals surface area contributed by atoms with Crippen molar-refractivity contribution < 1.29 is 8.85 Å². The second-order valence-electron chi connectivity index (χ2n) is 8.79. The van der Waals surface area contributed by atoms with Crippen molar-refractivity contribution in [2.24, 2.45) is 5.41 Å². The number of rotatable bonds is 17. The maximum atomic E-state index is 6.28. The molecule has 0 aromatic heterocycles. The lowest BCUT2D eigenvalue weighted by atomic mass is 9.75. The van der Waals surface area contributed by atoms with E-state index in [1.807, 2.05) is 0 Å². The van der Waals surface area contributed by atoms with Gasteiger partial charge in [-0.3, -0.25) is 0 Å². The fourth-order valence-electron chi connectivity index (χ4n) is 3.68. The summed E-state index contributed by atoms with van der Waals surface area (Å²) < 4.78 is 12.6. The molecular formula is C21H49N3O2Si. The highest BCUT2D eigenvalue weighted by Gasteiger charge is 2.39. The first-order valence-electron chi connectivity index (χ1n) is 10.9. The first-order valence-corrected chi connectivity index (χ1v) is 13.1. The second-order valence-corrected chi connectivity index (χ2v) is 12.4. The van der Waals surface area contributed by atoms with Crippen molar-refractivity contribution in [2.45, 2.75) is 58.5 Å². The predicted molar refractivity (Wildman–Crippen MR) is 121 cm³/mol. The third kappa shape index (κ3) is 11.6. The average Bonchev–Trinajstić information content (AvgIpc) is 2.60. The van der Waals surface area contributed by atoms with Crippen LogP contribution < -0.4 is 0 Å². The van der Waals surface area contributed by atoms with E-state index < -0.39 is 8.56 Å². The zero-order chi connectivity index (χ0) is 20.9. The molecule has 0 aliphatic heterocycles. The maximum absolute atomic E-state index is 6.28. The monoisotopic (exact) mass is 403 g/mol. The molecule has 0 unspecified atom stereocenters. The lowest BCUT2D eigenvalue weighted by Gasteiger charge is -2.40. The van der Waals surface area contributed by atoms with Gasteiger partial charge in [0.2, 0.25) is 0 Å². The van der Waals surface area contributed by atoms with E-state index in [1.165, 1.54) is 25.7 Å². The SMILES string of the molecule is CCO[Si](CC)(CCC(CCN(C)C)(CCN(C)C)CCN(C)C)OCC. The van der Waals surface area contributed by atoms with E-state index in [1.54, 1.807) is 0 Å². The minimum atomic E-state index is -2.09. The van der Waals surface area contributed by atoms with Crippen molar-refractivity contribution in [3.05, 3.63) is 0 Å². The molecule has 0 N–H and O–H groups in total. The third-order valence-corrected chi connectivity index (χ3v) is 9.38. The van der Waals surface area contributed by atoms with Crippen LogP contribution in [0.3, 0.4) is 0 Å². The normalized spacial score (nSPS) is 13.3. The van der Waals surface area contributed by atoms with Crippen LogP contribution >= 0.6 is 0 Å². The van der Waals surface area contributed by atoms with Gasteiger partial charge in [-0.25, -0.2) is 0 Å². The van der Waals surface area contributed by atoms with Crippen molar-refractivity contribution in [1.82, 2.24) is 14.7 Å². The predicted octanol–water partition coefficient (Wildman–Crippen LogP) is 3.75. The van der Waals surface area contributed by atoms with Gasteiger partial charge in [-0.05, 0) is 119 Å². The number of hydrogen-bond donors (Lipinski definition) is 0. The van der Waals surface area contributed by atoms with E-state index in [4.69, 9.17) is 8.85 Å². The van der Waals surface area contributed by atoms with Gasteiger partial charge in [0.25, 0.3) is 0 Å². The van der Waals surface area contributed by atoms with Crippen LogP contribution in [0.2, 0.25) is 12.1 Å². The molecule has 0 heterocycles. The topological polar surface area (TPSA) is 28.2 Å². The average molecular weight is 404 g/mol. The van der Waals surface area contributed by atoms with Crippen molar-refractivity contribution in [3.63, 3.8) is 0 Å². The van der Waals surface area contributed by atoms with Gasteiger partial charge in [-0.15, -0.1) is 0 Å². The third-order valence-electron chi connectivity index (χ3n) is 5.66. The van der Waals surface area contributed by atoms with Crippen LogP contribution in [0.4, 0.5) is 0 Å². The Kier molecular flexibility index (Phi) is 14.1. The summed E-state index contributed by atoms with van der Waals surface area (Å²) in [6, 6.07) is 2.15. The Morgan fingerprint density at radius 1 is 0.630 bits per heavy atom. The highest BCUT2D eigenvalue weighted by molar-refractivity contribution is 6.67.